The van der Waals surface area contributed by atoms with Crippen LogP contribution in [0.4, 0.5) is 0 Å². The summed E-state index contributed by atoms with van der Waals surface area (Å²) in [4.78, 5) is 23.4. The fourth-order valence-corrected chi connectivity index (χ4v) is 3.08. The molecule has 1 aromatic heterocycles. The van der Waals surface area contributed by atoms with E-state index in [0.717, 1.165) is 27.3 Å². The first-order valence-corrected chi connectivity index (χ1v) is 6.96. The Bertz CT molecular complexity index is 878. The summed E-state index contributed by atoms with van der Waals surface area (Å²) < 4.78 is 5.62. The van der Waals surface area contributed by atoms with Gasteiger partial charge in [0.05, 0.1) is 12.2 Å². The topological polar surface area (TPSA) is 59.3 Å². The number of fused-ring (bicyclic) bond motifs is 3. The highest BCUT2D eigenvalue weighted by molar-refractivity contribution is 6.10. The lowest BCUT2D eigenvalue weighted by atomic mass is 9.89. The van der Waals surface area contributed by atoms with E-state index in [2.05, 4.69) is 5.32 Å². The maximum atomic E-state index is 12.1. The lowest BCUT2D eigenvalue weighted by Gasteiger charge is -2.20. The Hall–Kier alpha value is -2.62. The molecule has 0 bridgehead atoms. The molecule has 21 heavy (non-hydrogen) atoms. The van der Waals surface area contributed by atoms with Crippen molar-refractivity contribution in [2.75, 3.05) is 0 Å². The van der Waals surface area contributed by atoms with Gasteiger partial charge >= 0.3 is 0 Å². The molecule has 1 aliphatic heterocycles. The van der Waals surface area contributed by atoms with Crippen molar-refractivity contribution in [2.24, 2.45) is 0 Å². The molecule has 0 saturated carbocycles. The lowest BCUT2D eigenvalue weighted by Crippen LogP contribution is -2.39. The van der Waals surface area contributed by atoms with Crippen LogP contribution in [-0.2, 0) is 9.59 Å². The number of hydrogen-bond acceptors (Lipinski definition) is 3. The summed E-state index contributed by atoms with van der Waals surface area (Å²) >= 11 is 0. The minimum Gasteiger partial charge on any atom is -0.464 e. The number of imide groups is 1. The van der Waals surface area contributed by atoms with Crippen LogP contribution >= 0.6 is 0 Å². The zero-order chi connectivity index (χ0) is 14.4. The van der Waals surface area contributed by atoms with Gasteiger partial charge in [0.15, 0.2) is 0 Å². The fourth-order valence-electron chi connectivity index (χ4n) is 3.08. The second-order valence-corrected chi connectivity index (χ2v) is 5.35. The third-order valence-electron chi connectivity index (χ3n) is 4.11. The van der Waals surface area contributed by atoms with Gasteiger partial charge in [-0.2, -0.15) is 0 Å². The number of hydrogen-bond donors (Lipinski definition) is 1. The van der Waals surface area contributed by atoms with Crippen LogP contribution in [0.15, 0.2) is 47.1 Å². The Balaban J connectivity index is 1.95. The maximum absolute atomic E-state index is 12.1. The second-order valence-electron chi connectivity index (χ2n) is 5.35. The smallest absolute Gasteiger partial charge is 0.234 e. The van der Waals surface area contributed by atoms with Gasteiger partial charge in [0.25, 0.3) is 0 Å². The van der Waals surface area contributed by atoms with Crippen molar-refractivity contribution < 1.29 is 14.0 Å². The van der Waals surface area contributed by atoms with Crippen LogP contribution in [0.3, 0.4) is 0 Å². The lowest BCUT2D eigenvalue weighted by molar-refractivity contribution is -0.134. The molecule has 0 spiro atoms. The normalized spacial score (nSPS) is 19.1. The number of carbonyl (C=O) groups excluding carboxylic acids is 2. The molecule has 4 heteroatoms. The molecule has 2 aromatic carbocycles. The zero-order valence-corrected chi connectivity index (χ0v) is 11.3. The molecule has 104 valence electrons. The van der Waals surface area contributed by atoms with Crippen LogP contribution in [-0.4, -0.2) is 11.8 Å². The molecule has 1 saturated heterocycles. The predicted octanol–water partition coefficient (Wildman–Crippen LogP) is 3.11. The Labute approximate surface area is 120 Å². The highest BCUT2D eigenvalue weighted by atomic mass is 16.3. The van der Waals surface area contributed by atoms with Gasteiger partial charge in [0.1, 0.15) is 5.58 Å². The number of rotatable bonds is 1. The Morgan fingerprint density at radius 1 is 1.10 bits per heavy atom. The monoisotopic (exact) mass is 279 g/mol. The first kappa shape index (κ1) is 12.1. The molecule has 3 aromatic rings. The van der Waals surface area contributed by atoms with E-state index in [0.29, 0.717) is 12.8 Å². The standard InChI is InChI=1S/C17H13NO3/c19-15-8-6-12(17(20)18-15)13-9-21-14-7-5-10-3-1-2-4-11(10)16(13)14/h1-5,7,9,12H,6,8H2,(H,18,19,20). The molecule has 1 aliphatic rings. The Morgan fingerprint density at radius 3 is 2.81 bits per heavy atom. The predicted molar refractivity (Wildman–Crippen MR) is 78.8 cm³/mol. The van der Waals surface area contributed by atoms with Gasteiger partial charge in [-0.25, -0.2) is 0 Å². The van der Waals surface area contributed by atoms with Crippen molar-refractivity contribution in [1.29, 1.82) is 0 Å². The van der Waals surface area contributed by atoms with E-state index in [-0.39, 0.29) is 17.7 Å². The summed E-state index contributed by atoms with van der Waals surface area (Å²) in [5.74, 6) is -0.759. The van der Waals surface area contributed by atoms with Crippen LogP contribution in [0, 0.1) is 0 Å². The van der Waals surface area contributed by atoms with Gasteiger partial charge in [-0.05, 0) is 23.3 Å². The second kappa shape index (κ2) is 4.45. The van der Waals surface area contributed by atoms with E-state index in [1.807, 2.05) is 36.4 Å². The molecule has 0 radical (unpaired) electrons. The summed E-state index contributed by atoms with van der Waals surface area (Å²) in [6.45, 7) is 0. The molecule has 1 fully saturated rings. The van der Waals surface area contributed by atoms with Crippen molar-refractivity contribution in [1.82, 2.24) is 5.32 Å². The molecule has 1 atom stereocenters. The van der Waals surface area contributed by atoms with Crippen LogP contribution in [0.1, 0.15) is 24.3 Å². The van der Waals surface area contributed by atoms with E-state index >= 15 is 0 Å². The first-order valence-electron chi connectivity index (χ1n) is 6.96. The van der Waals surface area contributed by atoms with E-state index in [9.17, 15) is 9.59 Å². The van der Waals surface area contributed by atoms with Gasteiger partial charge in [0, 0.05) is 17.4 Å². The molecule has 0 aliphatic carbocycles. The largest absolute Gasteiger partial charge is 0.464 e. The van der Waals surface area contributed by atoms with Crippen molar-refractivity contribution in [2.45, 2.75) is 18.8 Å². The number of nitrogens with one attached hydrogen (secondary N) is 1. The summed E-state index contributed by atoms with van der Waals surface area (Å²) in [5, 5.41) is 5.57. The van der Waals surface area contributed by atoms with E-state index in [1.54, 1.807) is 6.26 Å². The maximum Gasteiger partial charge on any atom is 0.234 e. The van der Waals surface area contributed by atoms with Crippen LogP contribution in [0.5, 0.6) is 0 Å². The van der Waals surface area contributed by atoms with Crippen LogP contribution < -0.4 is 5.32 Å². The highest BCUT2D eigenvalue weighted by Crippen LogP contribution is 2.36. The molecule has 1 unspecified atom stereocenters. The fraction of sp³-hybridized carbons (Fsp3) is 0.176. The number of benzene rings is 2. The number of carbonyl (C=O) groups is 2. The molecule has 4 rings (SSSR count). The third kappa shape index (κ3) is 1.83. The molecule has 2 amide bonds. The minimum absolute atomic E-state index is 0.200. The van der Waals surface area contributed by atoms with Gasteiger partial charge in [-0.15, -0.1) is 0 Å². The SMILES string of the molecule is O=C1CCC(c2coc3ccc4ccccc4c23)C(=O)N1. The average Bonchev–Trinajstić information content (AvgIpc) is 2.91. The van der Waals surface area contributed by atoms with E-state index in [4.69, 9.17) is 4.42 Å². The molecule has 4 nitrogen and oxygen atoms in total. The quantitative estimate of drug-likeness (QED) is 0.696. The summed E-state index contributed by atoms with van der Waals surface area (Å²) in [6, 6.07) is 12.0. The average molecular weight is 279 g/mol. The van der Waals surface area contributed by atoms with Crippen LogP contribution in [0.2, 0.25) is 0 Å². The number of piperidine rings is 1. The summed E-state index contributed by atoms with van der Waals surface area (Å²) in [6.07, 6.45) is 2.55. The van der Waals surface area contributed by atoms with Gasteiger partial charge in [0.2, 0.25) is 11.8 Å². The highest BCUT2D eigenvalue weighted by Gasteiger charge is 2.30. The van der Waals surface area contributed by atoms with Gasteiger partial charge in [-0.1, -0.05) is 30.3 Å². The molecule has 1 N–H and O–H groups in total. The summed E-state index contributed by atoms with van der Waals surface area (Å²) in [5.41, 5.74) is 1.64. The zero-order valence-electron chi connectivity index (χ0n) is 11.3. The summed E-state index contributed by atoms with van der Waals surface area (Å²) in [7, 11) is 0. The van der Waals surface area contributed by atoms with Crippen molar-refractivity contribution in [3.63, 3.8) is 0 Å². The minimum atomic E-state index is -0.324. The Kier molecular flexibility index (Phi) is 2.57. The number of amides is 2. The van der Waals surface area contributed by atoms with Crippen molar-refractivity contribution in [3.05, 3.63) is 48.2 Å². The first-order chi connectivity index (χ1) is 10.2. The van der Waals surface area contributed by atoms with Gasteiger partial charge in [-0.3, -0.25) is 14.9 Å². The van der Waals surface area contributed by atoms with Crippen molar-refractivity contribution >= 4 is 33.6 Å². The van der Waals surface area contributed by atoms with Crippen LogP contribution in [0.25, 0.3) is 21.7 Å². The molecule has 2 heterocycles. The number of furan rings is 1. The molecular weight excluding hydrogens is 266 g/mol. The van der Waals surface area contributed by atoms with E-state index < -0.39 is 0 Å². The Morgan fingerprint density at radius 2 is 1.95 bits per heavy atom. The van der Waals surface area contributed by atoms with Gasteiger partial charge < -0.3 is 4.42 Å². The van der Waals surface area contributed by atoms with E-state index in [1.165, 1.54) is 0 Å². The van der Waals surface area contributed by atoms with Crippen molar-refractivity contribution in [3.8, 4) is 0 Å². The third-order valence-corrected chi connectivity index (χ3v) is 4.11. The molecular formula is C17H13NO3.